The smallest absolute Gasteiger partial charge is 0.140 e. The van der Waals surface area contributed by atoms with E-state index in [0.29, 0.717) is 10.3 Å². The molecule has 0 saturated carbocycles. The fourth-order valence-electron chi connectivity index (χ4n) is 1.58. The maximum atomic E-state index is 5.86. The van der Waals surface area contributed by atoms with Crippen LogP contribution in [0.5, 0.6) is 0 Å². The van der Waals surface area contributed by atoms with E-state index in [0.717, 1.165) is 24.4 Å². The van der Waals surface area contributed by atoms with Crippen LogP contribution in [0.25, 0.3) is 11.4 Å². The molecule has 0 atom stereocenters. The van der Waals surface area contributed by atoms with Crippen LogP contribution in [0.4, 0.5) is 0 Å². The SMILES string of the molecule is CCCn1ccnc1-c1cc(Cl)nc(Cl)c1. The second kappa shape index (κ2) is 4.85. The molecule has 5 heteroatoms. The van der Waals surface area contributed by atoms with Gasteiger partial charge in [-0.2, -0.15) is 0 Å². The Kier molecular flexibility index (Phi) is 3.46. The van der Waals surface area contributed by atoms with Gasteiger partial charge in [-0.25, -0.2) is 9.97 Å². The fourth-order valence-corrected chi connectivity index (χ4v) is 2.05. The summed E-state index contributed by atoms with van der Waals surface area (Å²) in [5.74, 6) is 0.869. The van der Waals surface area contributed by atoms with Crippen molar-refractivity contribution in [1.82, 2.24) is 14.5 Å². The van der Waals surface area contributed by atoms with Crippen LogP contribution in [0.3, 0.4) is 0 Å². The first-order valence-electron chi connectivity index (χ1n) is 5.05. The van der Waals surface area contributed by atoms with Crippen LogP contribution in [-0.2, 0) is 6.54 Å². The van der Waals surface area contributed by atoms with Gasteiger partial charge in [0.2, 0.25) is 0 Å². The van der Waals surface area contributed by atoms with Crippen molar-refractivity contribution in [2.24, 2.45) is 0 Å². The zero-order valence-corrected chi connectivity index (χ0v) is 10.3. The molecular formula is C11H11Cl2N3. The molecular weight excluding hydrogens is 245 g/mol. The Bertz CT molecular complexity index is 473. The molecule has 0 amide bonds. The van der Waals surface area contributed by atoms with E-state index in [9.17, 15) is 0 Å². The molecule has 0 aromatic carbocycles. The number of halogens is 2. The Hall–Kier alpha value is -1.06. The molecule has 2 aromatic rings. The lowest BCUT2D eigenvalue weighted by Gasteiger charge is -2.06. The average molecular weight is 256 g/mol. The topological polar surface area (TPSA) is 30.7 Å². The summed E-state index contributed by atoms with van der Waals surface area (Å²) >= 11 is 11.7. The summed E-state index contributed by atoms with van der Waals surface area (Å²) in [6.45, 7) is 3.04. The maximum Gasteiger partial charge on any atom is 0.140 e. The van der Waals surface area contributed by atoms with Crippen LogP contribution in [0.2, 0.25) is 10.3 Å². The lowest BCUT2D eigenvalue weighted by molar-refractivity contribution is 0.685. The second-order valence-corrected chi connectivity index (χ2v) is 4.22. The van der Waals surface area contributed by atoms with Gasteiger partial charge in [0.05, 0.1) is 0 Å². The van der Waals surface area contributed by atoms with Crippen LogP contribution in [-0.4, -0.2) is 14.5 Å². The monoisotopic (exact) mass is 255 g/mol. The van der Waals surface area contributed by atoms with Gasteiger partial charge in [0.25, 0.3) is 0 Å². The highest BCUT2D eigenvalue weighted by molar-refractivity contribution is 6.32. The molecule has 16 heavy (non-hydrogen) atoms. The Balaban J connectivity index is 2.45. The summed E-state index contributed by atoms with van der Waals surface area (Å²) in [6.07, 6.45) is 4.77. The summed E-state index contributed by atoms with van der Waals surface area (Å²) in [7, 11) is 0. The van der Waals surface area contributed by atoms with Crippen molar-refractivity contribution in [3.8, 4) is 11.4 Å². The standard InChI is InChI=1S/C11H11Cl2N3/c1-2-4-16-5-3-14-11(16)8-6-9(12)15-10(13)7-8/h3,5-7H,2,4H2,1H3. The molecule has 0 N–H and O–H groups in total. The van der Waals surface area contributed by atoms with Crippen LogP contribution < -0.4 is 0 Å². The first kappa shape index (κ1) is 11.4. The zero-order chi connectivity index (χ0) is 11.5. The van der Waals surface area contributed by atoms with Crippen molar-refractivity contribution in [2.75, 3.05) is 0 Å². The van der Waals surface area contributed by atoms with Crippen molar-refractivity contribution in [1.29, 1.82) is 0 Å². The van der Waals surface area contributed by atoms with Gasteiger partial charge in [-0.1, -0.05) is 30.1 Å². The largest absolute Gasteiger partial charge is 0.331 e. The average Bonchev–Trinajstić information content (AvgIpc) is 2.65. The predicted molar refractivity (Wildman–Crippen MR) is 65.8 cm³/mol. The van der Waals surface area contributed by atoms with Gasteiger partial charge < -0.3 is 4.57 Å². The molecule has 0 saturated heterocycles. The van der Waals surface area contributed by atoms with E-state index in [-0.39, 0.29) is 0 Å². The van der Waals surface area contributed by atoms with Gasteiger partial charge >= 0.3 is 0 Å². The number of hydrogen-bond acceptors (Lipinski definition) is 2. The first-order chi connectivity index (χ1) is 7.70. The molecule has 3 nitrogen and oxygen atoms in total. The summed E-state index contributed by atoms with van der Waals surface area (Å²) in [6, 6.07) is 3.53. The predicted octanol–water partition coefficient (Wildman–Crippen LogP) is 3.66. The lowest BCUT2D eigenvalue weighted by atomic mass is 10.2. The van der Waals surface area contributed by atoms with Crippen LogP contribution >= 0.6 is 23.2 Å². The summed E-state index contributed by atoms with van der Waals surface area (Å²) in [5, 5.41) is 0.766. The maximum absolute atomic E-state index is 5.86. The minimum absolute atomic E-state index is 0.383. The molecule has 0 bridgehead atoms. The van der Waals surface area contributed by atoms with Crippen molar-refractivity contribution in [3.63, 3.8) is 0 Å². The number of aryl methyl sites for hydroxylation is 1. The number of rotatable bonds is 3. The highest BCUT2D eigenvalue weighted by Crippen LogP contribution is 2.23. The highest BCUT2D eigenvalue weighted by atomic mass is 35.5. The quantitative estimate of drug-likeness (QED) is 0.784. The van der Waals surface area contributed by atoms with E-state index in [1.807, 2.05) is 6.20 Å². The van der Waals surface area contributed by atoms with E-state index in [1.54, 1.807) is 18.3 Å². The van der Waals surface area contributed by atoms with E-state index >= 15 is 0 Å². The van der Waals surface area contributed by atoms with Crippen molar-refractivity contribution in [3.05, 3.63) is 34.8 Å². The summed E-state index contributed by atoms with van der Waals surface area (Å²) < 4.78 is 2.07. The third-order valence-electron chi connectivity index (χ3n) is 2.20. The molecule has 2 rings (SSSR count). The lowest BCUT2D eigenvalue weighted by Crippen LogP contribution is -1.98. The molecule has 0 unspecified atom stereocenters. The van der Waals surface area contributed by atoms with Gasteiger partial charge in [0, 0.05) is 24.5 Å². The summed E-state index contributed by atoms with van der Waals surface area (Å²) in [4.78, 5) is 8.22. The Morgan fingerprint density at radius 3 is 2.56 bits per heavy atom. The Labute approximate surface area is 104 Å². The number of hydrogen-bond donors (Lipinski definition) is 0. The molecule has 0 fully saturated rings. The molecule has 0 spiro atoms. The van der Waals surface area contributed by atoms with Gasteiger partial charge in [0.1, 0.15) is 16.1 Å². The molecule has 0 aliphatic rings. The van der Waals surface area contributed by atoms with E-state index in [1.165, 1.54) is 0 Å². The third-order valence-corrected chi connectivity index (χ3v) is 2.59. The van der Waals surface area contributed by atoms with Crippen LogP contribution in [0.1, 0.15) is 13.3 Å². The molecule has 0 aliphatic heterocycles. The molecule has 2 aromatic heterocycles. The zero-order valence-electron chi connectivity index (χ0n) is 8.82. The van der Waals surface area contributed by atoms with Crippen molar-refractivity contribution >= 4 is 23.2 Å². The van der Waals surface area contributed by atoms with Crippen LogP contribution in [0.15, 0.2) is 24.5 Å². The third kappa shape index (κ3) is 2.36. The minimum Gasteiger partial charge on any atom is -0.331 e. The number of nitrogens with zero attached hydrogens (tertiary/aromatic N) is 3. The molecule has 84 valence electrons. The summed E-state index contributed by atoms with van der Waals surface area (Å²) in [5.41, 5.74) is 0.892. The molecule has 2 heterocycles. The number of pyridine rings is 1. The van der Waals surface area contributed by atoms with E-state index in [2.05, 4.69) is 21.5 Å². The van der Waals surface area contributed by atoms with Gasteiger partial charge in [-0.3, -0.25) is 0 Å². The second-order valence-electron chi connectivity index (χ2n) is 3.45. The minimum atomic E-state index is 0.383. The van der Waals surface area contributed by atoms with Gasteiger partial charge in [0.15, 0.2) is 0 Å². The fraction of sp³-hybridized carbons (Fsp3) is 0.273. The van der Waals surface area contributed by atoms with E-state index in [4.69, 9.17) is 23.2 Å². The number of aromatic nitrogens is 3. The Morgan fingerprint density at radius 1 is 1.25 bits per heavy atom. The normalized spacial score (nSPS) is 10.7. The van der Waals surface area contributed by atoms with Crippen molar-refractivity contribution < 1.29 is 0 Å². The first-order valence-corrected chi connectivity index (χ1v) is 5.81. The van der Waals surface area contributed by atoms with Crippen LogP contribution in [0, 0.1) is 0 Å². The van der Waals surface area contributed by atoms with Crippen molar-refractivity contribution in [2.45, 2.75) is 19.9 Å². The highest BCUT2D eigenvalue weighted by Gasteiger charge is 2.07. The Morgan fingerprint density at radius 2 is 1.94 bits per heavy atom. The molecule has 0 aliphatic carbocycles. The number of imidazole rings is 1. The van der Waals surface area contributed by atoms with E-state index < -0.39 is 0 Å². The van der Waals surface area contributed by atoms with Gasteiger partial charge in [-0.05, 0) is 18.6 Å². The molecule has 0 radical (unpaired) electrons. The van der Waals surface area contributed by atoms with Gasteiger partial charge in [-0.15, -0.1) is 0 Å².